The first kappa shape index (κ1) is 22.8. The summed E-state index contributed by atoms with van der Waals surface area (Å²) < 4.78 is 0.525. The van der Waals surface area contributed by atoms with Crippen molar-refractivity contribution < 1.29 is 9.59 Å². The maximum absolute atomic E-state index is 12.8. The average Bonchev–Trinajstić information content (AvgIpc) is 3.08. The molecule has 5 nitrogen and oxygen atoms in total. The van der Waals surface area contributed by atoms with Crippen LogP contribution in [0.25, 0.3) is 6.08 Å². The lowest BCUT2D eigenvalue weighted by Gasteiger charge is -2.36. The Balaban J connectivity index is 1.25. The van der Waals surface area contributed by atoms with E-state index in [4.69, 9.17) is 23.8 Å². The zero-order chi connectivity index (χ0) is 22.5. The van der Waals surface area contributed by atoms with Crippen molar-refractivity contribution in [3.05, 3.63) is 70.1 Å². The molecule has 2 aliphatic rings. The van der Waals surface area contributed by atoms with Crippen LogP contribution in [0.3, 0.4) is 0 Å². The van der Waals surface area contributed by atoms with Gasteiger partial charge in [-0.3, -0.25) is 14.5 Å². The number of para-hydroxylation sites is 1. The minimum atomic E-state index is -0.121. The van der Waals surface area contributed by atoms with Gasteiger partial charge in [0.15, 0.2) is 0 Å². The molecule has 32 heavy (non-hydrogen) atoms. The van der Waals surface area contributed by atoms with Crippen LogP contribution in [0.15, 0.2) is 59.5 Å². The smallest absolute Gasteiger partial charge is 0.266 e. The van der Waals surface area contributed by atoms with Crippen molar-refractivity contribution in [3.8, 4) is 0 Å². The summed E-state index contributed by atoms with van der Waals surface area (Å²) in [7, 11) is 0. The van der Waals surface area contributed by atoms with Crippen LogP contribution in [0.2, 0.25) is 5.02 Å². The minimum Gasteiger partial charge on any atom is -0.368 e. The van der Waals surface area contributed by atoms with Gasteiger partial charge in [0.05, 0.1) is 4.91 Å². The fraction of sp³-hybridized carbons (Fsp3) is 0.292. The Labute approximate surface area is 203 Å². The molecular formula is C24H24ClN3O2S2. The number of amides is 2. The number of anilines is 1. The van der Waals surface area contributed by atoms with Gasteiger partial charge >= 0.3 is 0 Å². The van der Waals surface area contributed by atoms with Crippen LogP contribution in [-0.4, -0.2) is 58.7 Å². The number of benzene rings is 2. The van der Waals surface area contributed by atoms with Gasteiger partial charge in [0.2, 0.25) is 5.91 Å². The third kappa shape index (κ3) is 5.34. The normalized spacial score (nSPS) is 18.0. The van der Waals surface area contributed by atoms with E-state index < -0.39 is 0 Å². The monoisotopic (exact) mass is 485 g/mol. The van der Waals surface area contributed by atoms with Crippen LogP contribution in [0.1, 0.15) is 18.4 Å². The lowest BCUT2D eigenvalue weighted by Crippen LogP contribution is -2.48. The lowest BCUT2D eigenvalue weighted by molar-refractivity contribution is -0.132. The molecule has 8 heteroatoms. The number of halogens is 1. The van der Waals surface area contributed by atoms with Crippen LogP contribution in [0, 0.1) is 0 Å². The number of thiocarbonyl (C=S) groups is 1. The highest BCUT2D eigenvalue weighted by molar-refractivity contribution is 8.26. The quantitative estimate of drug-likeness (QED) is 0.439. The molecule has 2 aromatic rings. The molecule has 0 aromatic heterocycles. The second-order valence-electron chi connectivity index (χ2n) is 7.66. The molecule has 2 amide bonds. The molecule has 2 fully saturated rings. The van der Waals surface area contributed by atoms with Crippen molar-refractivity contribution >= 4 is 63.5 Å². The SMILES string of the molecule is O=C(CCCN1C(=O)/C(=C/c2ccccc2Cl)SC1=S)N1CCN(c2ccccc2)CC1. The molecule has 0 bridgehead atoms. The third-order valence-corrected chi connectivity index (χ3v) is 7.31. The number of thioether (sulfide) groups is 1. The molecule has 0 saturated carbocycles. The Morgan fingerprint density at radius 2 is 1.72 bits per heavy atom. The van der Waals surface area contributed by atoms with Crippen molar-refractivity contribution in [1.29, 1.82) is 0 Å². The Hall–Kier alpha value is -2.35. The first-order valence-electron chi connectivity index (χ1n) is 10.6. The first-order chi connectivity index (χ1) is 15.5. The van der Waals surface area contributed by atoms with Crippen LogP contribution in [0.4, 0.5) is 5.69 Å². The maximum Gasteiger partial charge on any atom is 0.266 e. The molecule has 166 valence electrons. The van der Waals surface area contributed by atoms with Gasteiger partial charge in [0, 0.05) is 49.9 Å². The van der Waals surface area contributed by atoms with Gasteiger partial charge < -0.3 is 9.80 Å². The molecule has 2 heterocycles. The van der Waals surface area contributed by atoms with Gasteiger partial charge in [-0.15, -0.1) is 0 Å². The molecule has 0 radical (unpaired) electrons. The molecule has 0 atom stereocenters. The summed E-state index contributed by atoms with van der Waals surface area (Å²) in [4.78, 5) is 31.8. The number of hydrogen-bond acceptors (Lipinski definition) is 5. The number of piperazine rings is 1. The van der Waals surface area contributed by atoms with E-state index in [1.807, 2.05) is 41.3 Å². The lowest BCUT2D eigenvalue weighted by atomic mass is 10.2. The standard InChI is InChI=1S/C24H24ClN3O2S2/c25-20-10-5-4-7-18(20)17-21-23(30)28(24(31)32-21)12-6-11-22(29)27-15-13-26(14-16-27)19-8-2-1-3-9-19/h1-5,7-10,17H,6,11-16H2/b21-17-. The van der Waals surface area contributed by atoms with Gasteiger partial charge in [-0.05, 0) is 36.3 Å². The Bertz CT molecular complexity index is 1040. The first-order valence-corrected chi connectivity index (χ1v) is 12.2. The summed E-state index contributed by atoms with van der Waals surface area (Å²) in [5.41, 5.74) is 1.98. The zero-order valence-corrected chi connectivity index (χ0v) is 20.0. The molecule has 4 rings (SSSR count). The zero-order valence-electron chi connectivity index (χ0n) is 17.6. The van der Waals surface area contributed by atoms with E-state index >= 15 is 0 Å². The maximum atomic E-state index is 12.8. The summed E-state index contributed by atoms with van der Waals surface area (Å²) in [6.07, 6.45) is 2.77. The van der Waals surface area contributed by atoms with E-state index in [0.29, 0.717) is 33.6 Å². The Kier molecular flexibility index (Phi) is 7.50. The molecule has 2 aromatic carbocycles. The van der Waals surface area contributed by atoms with E-state index in [2.05, 4.69) is 17.0 Å². The molecule has 0 aliphatic carbocycles. The Morgan fingerprint density at radius 3 is 2.44 bits per heavy atom. The van der Waals surface area contributed by atoms with Crippen molar-refractivity contribution in [2.75, 3.05) is 37.6 Å². The summed E-state index contributed by atoms with van der Waals surface area (Å²) >= 11 is 12.9. The van der Waals surface area contributed by atoms with Crippen LogP contribution < -0.4 is 4.90 Å². The van der Waals surface area contributed by atoms with Crippen molar-refractivity contribution in [2.24, 2.45) is 0 Å². The van der Waals surface area contributed by atoms with Gasteiger partial charge in [-0.1, -0.05) is 72.0 Å². The second kappa shape index (κ2) is 10.5. The topological polar surface area (TPSA) is 43.9 Å². The number of carbonyl (C=O) groups excluding carboxylic acids is 2. The molecule has 0 unspecified atom stereocenters. The van der Waals surface area contributed by atoms with Gasteiger partial charge in [-0.2, -0.15) is 0 Å². The van der Waals surface area contributed by atoms with Gasteiger partial charge in [0.1, 0.15) is 4.32 Å². The third-order valence-electron chi connectivity index (χ3n) is 5.59. The van der Waals surface area contributed by atoms with E-state index in [1.165, 1.54) is 17.4 Å². The Morgan fingerprint density at radius 1 is 1.03 bits per heavy atom. The molecule has 0 spiro atoms. The highest BCUT2D eigenvalue weighted by Crippen LogP contribution is 2.33. The van der Waals surface area contributed by atoms with Crippen molar-refractivity contribution in [2.45, 2.75) is 12.8 Å². The summed E-state index contributed by atoms with van der Waals surface area (Å²) in [6.45, 7) is 3.54. The summed E-state index contributed by atoms with van der Waals surface area (Å²) in [5, 5.41) is 0.593. The molecule has 2 saturated heterocycles. The van der Waals surface area contributed by atoms with Crippen LogP contribution in [0.5, 0.6) is 0 Å². The van der Waals surface area contributed by atoms with Crippen molar-refractivity contribution in [3.63, 3.8) is 0 Å². The predicted molar refractivity (Wildman–Crippen MR) is 136 cm³/mol. The summed E-state index contributed by atoms with van der Waals surface area (Å²) in [6, 6.07) is 17.7. The summed E-state index contributed by atoms with van der Waals surface area (Å²) in [5.74, 6) is 0.0126. The van der Waals surface area contributed by atoms with E-state index in [9.17, 15) is 9.59 Å². The number of rotatable bonds is 6. The molecule has 0 N–H and O–H groups in total. The fourth-order valence-electron chi connectivity index (χ4n) is 3.83. The largest absolute Gasteiger partial charge is 0.368 e. The van der Waals surface area contributed by atoms with E-state index in [1.54, 1.807) is 17.0 Å². The second-order valence-corrected chi connectivity index (χ2v) is 9.74. The fourth-order valence-corrected chi connectivity index (χ4v) is 5.32. The molecular weight excluding hydrogens is 462 g/mol. The number of hydrogen-bond donors (Lipinski definition) is 0. The van der Waals surface area contributed by atoms with Gasteiger partial charge in [-0.25, -0.2) is 0 Å². The highest BCUT2D eigenvalue weighted by Gasteiger charge is 2.32. The molecule has 2 aliphatic heterocycles. The van der Waals surface area contributed by atoms with E-state index in [-0.39, 0.29) is 11.8 Å². The average molecular weight is 486 g/mol. The van der Waals surface area contributed by atoms with E-state index in [0.717, 1.165) is 31.7 Å². The van der Waals surface area contributed by atoms with Crippen LogP contribution in [-0.2, 0) is 9.59 Å². The number of carbonyl (C=O) groups is 2. The minimum absolute atomic E-state index is 0.121. The predicted octanol–water partition coefficient (Wildman–Crippen LogP) is 4.67. The van der Waals surface area contributed by atoms with Gasteiger partial charge in [0.25, 0.3) is 5.91 Å². The van der Waals surface area contributed by atoms with Crippen LogP contribution >= 0.6 is 35.6 Å². The number of nitrogens with zero attached hydrogens (tertiary/aromatic N) is 3. The highest BCUT2D eigenvalue weighted by atomic mass is 35.5. The van der Waals surface area contributed by atoms with Crippen molar-refractivity contribution in [1.82, 2.24) is 9.80 Å².